The SMILES string of the molecule is C=CCO[C@H]1O[C@H](CO)[C@H](O)[C@H](O[C@@H]2O[C@H](CO)[C@H](O)[C@H](O[C@]3(C(=O)O)C[C@H](O)[C@@H](NC(C)=O)[C@H]([C@H](O)[C@H](O)CO)O3)[C@H]2O)[C@H]1NC(C)=O. The van der Waals surface area contributed by atoms with Gasteiger partial charge >= 0.3 is 5.97 Å². The van der Waals surface area contributed by atoms with Crippen LogP contribution in [0.3, 0.4) is 0 Å². The molecule has 0 radical (unpaired) electrons. The molecule has 2 amide bonds. The third-order valence-corrected chi connectivity index (χ3v) is 8.23. The van der Waals surface area contributed by atoms with Gasteiger partial charge < -0.3 is 90.1 Å². The molecule has 0 aromatic rings. The lowest BCUT2D eigenvalue weighted by atomic mass is 9.88. The number of carboxylic acids is 1. The molecule has 12 N–H and O–H groups in total. The average molecular weight is 715 g/mol. The smallest absolute Gasteiger partial charge is 0.364 e. The van der Waals surface area contributed by atoms with Gasteiger partial charge in [0.2, 0.25) is 11.8 Å². The third kappa shape index (κ3) is 9.27. The number of hydrogen-bond acceptors (Lipinski definition) is 18. The number of carboxylic acid groups (broad SMARTS) is 1. The Morgan fingerprint density at radius 2 is 1.45 bits per heavy atom. The number of hydrogen-bond donors (Lipinski definition) is 12. The van der Waals surface area contributed by atoms with Crippen molar-refractivity contribution in [2.24, 2.45) is 0 Å². The Hall–Kier alpha value is -2.45. The molecule has 3 aliphatic heterocycles. The van der Waals surface area contributed by atoms with Crippen molar-refractivity contribution in [3.8, 4) is 0 Å². The number of ether oxygens (including phenoxy) is 6. The maximum absolute atomic E-state index is 12.7. The number of carbonyl (C=O) groups excluding carboxylic acids is 2. The molecule has 0 unspecified atom stereocenters. The normalized spacial score (nSPS) is 40.9. The minimum atomic E-state index is -3.04. The Kier molecular flexibility index (Phi) is 14.8. The highest BCUT2D eigenvalue weighted by Crippen LogP contribution is 2.38. The molecular weight excluding hydrogens is 668 g/mol. The third-order valence-electron chi connectivity index (χ3n) is 8.23. The highest BCUT2D eigenvalue weighted by Gasteiger charge is 2.60. The zero-order chi connectivity index (χ0) is 36.8. The van der Waals surface area contributed by atoms with Crippen LogP contribution in [0.1, 0.15) is 20.3 Å². The number of nitrogens with one attached hydrogen (secondary N) is 2. The van der Waals surface area contributed by atoms with Crippen LogP contribution in [0.2, 0.25) is 0 Å². The van der Waals surface area contributed by atoms with Crippen LogP contribution in [0, 0.1) is 0 Å². The Balaban J connectivity index is 2.00. The number of amides is 2. The fraction of sp³-hybridized carbons (Fsp3) is 0.821. The first-order valence-electron chi connectivity index (χ1n) is 15.3. The van der Waals surface area contributed by atoms with Gasteiger partial charge in [-0.1, -0.05) is 6.08 Å². The second-order valence-corrected chi connectivity index (χ2v) is 11.8. The summed E-state index contributed by atoms with van der Waals surface area (Å²) in [7, 11) is 0. The van der Waals surface area contributed by atoms with Crippen LogP contribution in [-0.2, 0) is 42.8 Å². The Bertz CT molecular complexity index is 1130. The summed E-state index contributed by atoms with van der Waals surface area (Å²) < 4.78 is 33.7. The van der Waals surface area contributed by atoms with Crippen molar-refractivity contribution >= 4 is 17.8 Å². The molecule has 3 saturated heterocycles. The van der Waals surface area contributed by atoms with Gasteiger partial charge in [-0.15, -0.1) is 6.58 Å². The molecule has 21 heteroatoms. The Morgan fingerprint density at radius 3 is 1.96 bits per heavy atom. The van der Waals surface area contributed by atoms with Crippen LogP contribution in [0.4, 0.5) is 0 Å². The lowest BCUT2D eigenvalue weighted by Gasteiger charge is -2.51. The molecule has 0 aromatic carbocycles. The summed E-state index contributed by atoms with van der Waals surface area (Å²) in [4.78, 5) is 36.7. The highest BCUT2D eigenvalue weighted by atomic mass is 16.8. The van der Waals surface area contributed by atoms with Crippen LogP contribution in [0.5, 0.6) is 0 Å². The number of carbonyl (C=O) groups is 3. The zero-order valence-corrected chi connectivity index (χ0v) is 26.6. The number of aliphatic hydroxyl groups is 9. The van der Waals surface area contributed by atoms with E-state index in [1.165, 1.54) is 6.08 Å². The van der Waals surface area contributed by atoms with Crippen LogP contribution in [0.15, 0.2) is 12.7 Å². The summed E-state index contributed by atoms with van der Waals surface area (Å²) in [5.41, 5.74) is 0. The summed E-state index contributed by atoms with van der Waals surface area (Å²) in [5.74, 6) is -6.39. The van der Waals surface area contributed by atoms with Gasteiger partial charge in [-0.25, -0.2) is 4.79 Å². The van der Waals surface area contributed by atoms with Crippen molar-refractivity contribution in [3.63, 3.8) is 0 Å². The molecule has 3 heterocycles. The molecule has 3 rings (SSSR count). The maximum Gasteiger partial charge on any atom is 0.364 e. The van der Waals surface area contributed by atoms with Crippen LogP contribution >= 0.6 is 0 Å². The van der Waals surface area contributed by atoms with E-state index in [0.29, 0.717) is 0 Å². The molecule has 0 aromatic heterocycles. The van der Waals surface area contributed by atoms with E-state index >= 15 is 0 Å². The number of aliphatic hydroxyl groups excluding tert-OH is 9. The van der Waals surface area contributed by atoms with Crippen molar-refractivity contribution in [2.45, 2.75) is 118 Å². The monoisotopic (exact) mass is 714 g/mol. The van der Waals surface area contributed by atoms with E-state index in [1.54, 1.807) is 0 Å². The van der Waals surface area contributed by atoms with Gasteiger partial charge in [-0.2, -0.15) is 0 Å². The lowest BCUT2D eigenvalue weighted by molar-refractivity contribution is -0.381. The molecular formula is C28H46N2O19. The first-order valence-corrected chi connectivity index (χ1v) is 15.3. The van der Waals surface area contributed by atoms with Crippen LogP contribution < -0.4 is 10.6 Å². The van der Waals surface area contributed by atoms with Gasteiger partial charge in [0.25, 0.3) is 5.79 Å². The minimum absolute atomic E-state index is 0.115. The summed E-state index contributed by atoms with van der Waals surface area (Å²) in [5, 5.41) is 109. The van der Waals surface area contributed by atoms with Gasteiger partial charge in [0, 0.05) is 20.3 Å². The predicted molar refractivity (Wildman–Crippen MR) is 156 cm³/mol. The zero-order valence-electron chi connectivity index (χ0n) is 26.6. The predicted octanol–water partition coefficient (Wildman–Crippen LogP) is -6.87. The van der Waals surface area contributed by atoms with Crippen molar-refractivity contribution in [2.75, 3.05) is 26.4 Å². The second-order valence-electron chi connectivity index (χ2n) is 11.8. The van der Waals surface area contributed by atoms with Gasteiger partial charge in [-0.05, 0) is 0 Å². The van der Waals surface area contributed by atoms with Crippen molar-refractivity contribution in [1.82, 2.24) is 10.6 Å². The lowest BCUT2D eigenvalue weighted by Crippen LogP contribution is -2.71. The van der Waals surface area contributed by atoms with E-state index in [-0.39, 0.29) is 6.61 Å². The highest BCUT2D eigenvalue weighted by molar-refractivity contribution is 5.76. The minimum Gasteiger partial charge on any atom is -0.477 e. The molecule has 16 atom stereocenters. The number of aliphatic carboxylic acids is 1. The molecule has 3 fully saturated rings. The molecule has 0 spiro atoms. The molecule has 0 bridgehead atoms. The maximum atomic E-state index is 12.7. The summed E-state index contributed by atoms with van der Waals surface area (Å²) >= 11 is 0. The van der Waals surface area contributed by atoms with Crippen molar-refractivity contribution in [3.05, 3.63) is 12.7 Å². The van der Waals surface area contributed by atoms with E-state index in [0.717, 1.165) is 13.8 Å². The topological polar surface area (TPSA) is 333 Å². The van der Waals surface area contributed by atoms with Gasteiger partial charge in [-0.3, -0.25) is 9.59 Å². The summed E-state index contributed by atoms with van der Waals surface area (Å²) in [6.45, 7) is 2.79. The van der Waals surface area contributed by atoms with Gasteiger partial charge in [0.05, 0.1) is 38.6 Å². The second kappa shape index (κ2) is 17.7. The first-order chi connectivity index (χ1) is 23.0. The van der Waals surface area contributed by atoms with E-state index in [9.17, 15) is 65.4 Å². The molecule has 3 aliphatic rings. The average Bonchev–Trinajstić information content (AvgIpc) is 3.05. The summed E-state index contributed by atoms with van der Waals surface area (Å²) in [6, 6.07) is -2.88. The fourth-order valence-electron chi connectivity index (χ4n) is 5.85. The van der Waals surface area contributed by atoms with E-state index in [2.05, 4.69) is 17.2 Å². The molecule has 0 saturated carbocycles. The quantitative estimate of drug-likeness (QED) is 0.0701. The first kappa shape index (κ1) is 41.0. The Labute approximate surface area is 279 Å². The largest absolute Gasteiger partial charge is 0.477 e. The van der Waals surface area contributed by atoms with E-state index in [1.807, 2.05) is 0 Å². The molecule has 0 aliphatic carbocycles. The van der Waals surface area contributed by atoms with Crippen molar-refractivity contribution < 1.29 is 93.9 Å². The van der Waals surface area contributed by atoms with Crippen molar-refractivity contribution in [1.29, 1.82) is 0 Å². The van der Waals surface area contributed by atoms with Gasteiger partial charge in [0.15, 0.2) is 12.6 Å². The van der Waals surface area contributed by atoms with Gasteiger partial charge in [0.1, 0.15) is 67.1 Å². The molecule has 282 valence electrons. The van der Waals surface area contributed by atoms with E-state index < -0.39 is 142 Å². The van der Waals surface area contributed by atoms with Crippen LogP contribution in [-0.4, -0.2) is 193 Å². The summed E-state index contributed by atoms with van der Waals surface area (Å²) in [6.07, 6.45) is -23.6. The number of rotatable bonds is 15. The standard InChI is InChI=1S/C28H46N2O19/c1-4-5-44-25-17(30-11(3)35)22(19(39)14(8-32)45-25)47-26-21(41)24(20(40)15(9-33)46-26)49-28(27(42)43)6-12(36)16(29-10(2)34)23(48-28)18(38)13(37)7-31/h4,12-26,31-33,36-41H,1,5-9H2,2-3H3,(H,29,34)(H,30,35)(H,42,43)/t12-,13+,14+,15+,16+,17+,18+,19-,20-,21+,22+,23+,24-,25-,26-,28-/m0/s1. The fourth-order valence-corrected chi connectivity index (χ4v) is 5.85. The van der Waals surface area contributed by atoms with E-state index in [4.69, 9.17) is 28.4 Å². The molecule has 21 nitrogen and oxygen atoms in total. The van der Waals surface area contributed by atoms with Crippen LogP contribution in [0.25, 0.3) is 0 Å². The Morgan fingerprint density at radius 1 is 0.898 bits per heavy atom. The molecule has 49 heavy (non-hydrogen) atoms.